The van der Waals surface area contributed by atoms with Gasteiger partial charge in [0.2, 0.25) is 5.91 Å². The predicted octanol–water partition coefficient (Wildman–Crippen LogP) is 16.1. The number of aliphatic hydroxyl groups is 2. The summed E-state index contributed by atoms with van der Waals surface area (Å²) in [5.74, 6) is -0.484. The van der Waals surface area contributed by atoms with E-state index in [0.717, 1.165) is 83.5 Å². The number of ether oxygens (including phenoxy) is 1. The van der Waals surface area contributed by atoms with Crippen LogP contribution in [-0.2, 0) is 14.3 Å². The van der Waals surface area contributed by atoms with Gasteiger partial charge in [-0.15, -0.1) is 0 Å². The average molecular weight is 858 g/mol. The van der Waals surface area contributed by atoms with Crippen molar-refractivity contribution in [2.45, 2.75) is 296 Å². The first-order valence-electron chi connectivity index (χ1n) is 26.7. The van der Waals surface area contributed by atoms with E-state index in [-0.39, 0.29) is 24.9 Å². The van der Waals surface area contributed by atoms with Crippen LogP contribution in [0.25, 0.3) is 0 Å². The van der Waals surface area contributed by atoms with E-state index in [1.54, 1.807) is 0 Å². The average Bonchev–Trinajstić information content (AvgIpc) is 3.25. The number of rotatable bonds is 48. The van der Waals surface area contributed by atoms with E-state index >= 15 is 0 Å². The predicted molar refractivity (Wildman–Crippen MR) is 264 cm³/mol. The second kappa shape index (κ2) is 49.1. The zero-order valence-corrected chi connectivity index (χ0v) is 40.8. The summed E-state index contributed by atoms with van der Waals surface area (Å²) in [5.41, 5.74) is 0. The molecule has 0 spiro atoms. The molecule has 0 heterocycles. The van der Waals surface area contributed by atoms with Crippen molar-refractivity contribution in [1.29, 1.82) is 0 Å². The van der Waals surface area contributed by atoms with Crippen LogP contribution < -0.4 is 5.32 Å². The van der Waals surface area contributed by atoms with Gasteiger partial charge in [-0.1, -0.05) is 237 Å². The summed E-state index contributed by atoms with van der Waals surface area (Å²) in [4.78, 5) is 26.2. The van der Waals surface area contributed by atoms with Gasteiger partial charge in [0.25, 0.3) is 0 Å². The van der Waals surface area contributed by atoms with Gasteiger partial charge in [-0.05, 0) is 64.2 Å². The Labute approximate surface area is 379 Å². The van der Waals surface area contributed by atoms with Gasteiger partial charge >= 0.3 is 5.97 Å². The highest BCUT2D eigenvalue weighted by atomic mass is 16.5. The number of nitrogens with one attached hydrogen (secondary N) is 1. The van der Waals surface area contributed by atoms with Crippen LogP contribution >= 0.6 is 0 Å². The molecule has 3 unspecified atom stereocenters. The van der Waals surface area contributed by atoms with E-state index in [1.165, 1.54) is 148 Å². The molecular weight excluding hydrogens is 755 g/mol. The molecule has 1 amide bonds. The largest absolute Gasteiger partial charge is 0.462 e. The Morgan fingerprint density at radius 1 is 0.475 bits per heavy atom. The Morgan fingerprint density at radius 2 is 0.836 bits per heavy atom. The smallest absolute Gasteiger partial charge is 0.306 e. The van der Waals surface area contributed by atoms with Crippen molar-refractivity contribution in [3.63, 3.8) is 0 Å². The topological polar surface area (TPSA) is 95.9 Å². The third kappa shape index (κ3) is 44.5. The van der Waals surface area contributed by atoms with Crippen molar-refractivity contribution in [3.8, 4) is 0 Å². The van der Waals surface area contributed by atoms with Crippen LogP contribution in [0.4, 0.5) is 0 Å². The summed E-state index contributed by atoms with van der Waals surface area (Å²) in [7, 11) is 0. The van der Waals surface area contributed by atoms with Gasteiger partial charge in [-0.3, -0.25) is 9.59 Å². The first-order chi connectivity index (χ1) is 30.0. The first kappa shape index (κ1) is 59.1. The van der Waals surface area contributed by atoms with Gasteiger partial charge < -0.3 is 20.3 Å². The quantitative estimate of drug-likeness (QED) is 0.0322. The summed E-state index contributed by atoms with van der Waals surface area (Å²) in [6.07, 6.45) is 57.8. The van der Waals surface area contributed by atoms with E-state index in [0.29, 0.717) is 19.3 Å². The van der Waals surface area contributed by atoms with Crippen molar-refractivity contribution in [2.24, 2.45) is 0 Å². The zero-order valence-electron chi connectivity index (χ0n) is 40.8. The molecule has 0 aromatic heterocycles. The Bertz CT molecular complexity index is 1010. The molecule has 0 saturated carbocycles. The Morgan fingerprint density at radius 3 is 1.30 bits per heavy atom. The van der Waals surface area contributed by atoms with E-state index in [2.05, 4.69) is 62.5 Å². The maximum Gasteiger partial charge on any atom is 0.306 e. The SMILES string of the molecule is CCCCC/C=C\C/C=C\C/C=C\CCCCCCC(CC(=O)NC(CO)C(O)CCCCCCCCCCC)OC(=O)CCCCCCCCCCCCCCCCCC. The van der Waals surface area contributed by atoms with Gasteiger partial charge in [0.1, 0.15) is 6.10 Å². The molecule has 61 heavy (non-hydrogen) atoms. The maximum atomic E-state index is 13.2. The third-order valence-corrected chi connectivity index (χ3v) is 12.2. The highest BCUT2D eigenvalue weighted by Crippen LogP contribution is 2.18. The molecule has 0 aliphatic heterocycles. The Balaban J connectivity index is 4.58. The zero-order chi connectivity index (χ0) is 44.5. The minimum Gasteiger partial charge on any atom is -0.462 e. The van der Waals surface area contributed by atoms with Crippen LogP contribution in [-0.4, -0.2) is 46.9 Å². The molecule has 0 aromatic carbocycles. The van der Waals surface area contributed by atoms with E-state index in [1.807, 2.05) is 0 Å². The summed E-state index contributed by atoms with van der Waals surface area (Å²) < 4.78 is 5.94. The van der Waals surface area contributed by atoms with Crippen molar-refractivity contribution >= 4 is 11.9 Å². The van der Waals surface area contributed by atoms with Crippen molar-refractivity contribution < 1.29 is 24.5 Å². The number of amides is 1. The Hall–Kier alpha value is -1.92. The molecule has 6 heteroatoms. The first-order valence-corrected chi connectivity index (χ1v) is 26.7. The molecule has 0 aliphatic carbocycles. The van der Waals surface area contributed by atoms with E-state index in [4.69, 9.17) is 4.74 Å². The lowest BCUT2D eigenvalue weighted by Gasteiger charge is -2.24. The fourth-order valence-corrected chi connectivity index (χ4v) is 8.14. The van der Waals surface area contributed by atoms with Gasteiger partial charge in [0.15, 0.2) is 0 Å². The van der Waals surface area contributed by atoms with Crippen LogP contribution in [0.2, 0.25) is 0 Å². The highest BCUT2D eigenvalue weighted by molar-refractivity contribution is 5.77. The third-order valence-electron chi connectivity index (χ3n) is 12.2. The van der Waals surface area contributed by atoms with Gasteiger partial charge in [0.05, 0.1) is 25.2 Å². The number of carbonyl (C=O) groups excluding carboxylic acids is 2. The molecular formula is C55H103NO5. The number of allylic oxidation sites excluding steroid dienone is 6. The summed E-state index contributed by atoms with van der Waals surface area (Å²) in [5, 5.41) is 23.7. The lowest BCUT2D eigenvalue weighted by atomic mass is 10.0. The fourth-order valence-electron chi connectivity index (χ4n) is 8.14. The molecule has 0 aliphatic rings. The van der Waals surface area contributed by atoms with Crippen LogP contribution in [0, 0.1) is 0 Å². The van der Waals surface area contributed by atoms with E-state index < -0.39 is 18.2 Å². The molecule has 0 saturated heterocycles. The lowest BCUT2D eigenvalue weighted by Crippen LogP contribution is -2.46. The monoisotopic (exact) mass is 858 g/mol. The summed E-state index contributed by atoms with van der Waals surface area (Å²) in [6.45, 7) is 6.45. The number of esters is 1. The maximum absolute atomic E-state index is 13.2. The second-order valence-electron chi connectivity index (χ2n) is 18.3. The molecule has 0 fully saturated rings. The van der Waals surface area contributed by atoms with Crippen LogP contribution in [0.3, 0.4) is 0 Å². The van der Waals surface area contributed by atoms with Crippen molar-refractivity contribution in [2.75, 3.05) is 6.61 Å². The number of carbonyl (C=O) groups is 2. The molecule has 3 N–H and O–H groups in total. The van der Waals surface area contributed by atoms with Crippen molar-refractivity contribution in [1.82, 2.24) is 5.32 Å². The minimum absolute atomic E-state index is 0.0663. The fraction of sp³-hybridized carbons (Fsp3) is 0.855. The van der Waals surface area contributed by atoms with Crippen molar-refractivity contribution in [3.05, 3.63) is 36.5 Å². The van der Waals surface area contributed by atoms with E-state index in [9.17, 15) is 19.8 Å². The second-order valence-corrected chi connectivity index (χ2v) is 18.3. The number of unbranched alkanes of at least 4 members (excludes halogenated alkanes) is 30. The van der Waals surface area contributed by atoms with Gasteiger partial charge in [-0.25, -0.2) is 0 Å². The molecule has 0 aromatic rings. The normalized spacial score (nSPS) is 13.5. The van der Waals surface area contributed by atoms with Gasteiger partial charge in [-0.2, -0.15) is 0 Å². The molecule has 0 radical (unpaired) electrons. The Kier molecular flexibility index (Phi) is 47.6. The molecule has 0 bridgehead atoms. The summed E-state index contributed by atoms with van der Waals surface area (Å²) in [6, 6.07) is -0.705. The number of hydrogen-bond donors (Lipinski definition) is 3. The van der Waals surface area contributed by atoms with Gasteiger partial charge in [0, 0.05) is 6.42 Å². The number of hydrogen-bond acceptors (Lipinski definition) is 5. The molecule has 358 valence electrons. The van der Waals surface area contributed by atoms with Crippen LogP contribution in [0.15, 0.2) is 36.5 Å². The lowest BCUT2D eigenvalue weighted by molar-refractivity contribution is -0.151. The minimum atomic E-state index is -0.790. The standard InChI is InChI=1S/C55H103NO5/c1-4-7-10-13-16-19-21-23-25-27-28-30-32-35-37-40-43-46-51(49-54(59)56-52(50-57)53(58)47-44-41-38-34-18-15-12-9-6-3)61-55(60)48-45-42-39-36-33-31-29-26-24-22-20-17-14-11-8-5-2/h16,19,23,25,28,30,51-53,57-58H,4-15,17-18,20-22,24,26-27,29,31-50H2,1-3H3,(H,56,59)/b19-16-,25-23-,30-28-. The van der Waals surface area contributed by atoms with Crippen LogP contribution in [0.5, 0.6) is 0 Å². The van der Waals surface area contributed by atoms with Crippen LogP contribution in [0.1, 0.15) is 278 Å². The summed E-state index contributed by atoms with van der Waals surface area (Å²) >= 11 is 0. The highest BCUT2D eigenvalue weighted by Gasteiger charge is 2.24. The molecule has 6 nitrogen and oxygen atoms in total. The molecule has 0 rings (SSSR count). The number of aliphatic hydroxyl groups excluding tert-OH is 2. The molecule has 3 atom stereocenters.